The first kappa shape index (κ1) is 15.7. The molecule has 1 unspecified atom stereocenters. The normalized spacial score (nSPS) is 12.2. The summed E-state index contributed by atoms with van der Waals surface area (Å²) in [4.78, 5) is 5.22. The number of halogens is 2. The number of nitrogens with one attached hydrogen (secondary N) is 2. The molecular weight excluding hydrogens is 292 g/mol. The first-order valence-electron chi connectivity index (χ1n) is 6.99. The van der Waals surface area contributed by atoms with Gasteiger partial charge in [-0.25, -0.2) is 13.8 Å². The minimum absolute atomic E-state index is 0.00939. The predicted molar refractivity (Wildman–Crippen MR) is 84.0 cm³/mol. The topological polar surface area (TPSA) is 37.0 Å². The zero-order valence-corrected chi connectivity index (χ0v) is 12.9. The van der Waals surface area contributed by atoms with E-state index in [0.717, 1.165) is 18.9 Å². The highest BCUT2D eigenvalue weighted by Crippen LogP contribution is 2.21. The van der Waals surface area contributed by atoms with Crippen molar-refractivity contribution in [3.8, 4) is 0 Å². The molecule has 0 bridgehead atoms. The first-order chi connectivity index (χ1) is 10.1. The minimum Gasteiger partial charge on any atom is -0.368 e. The maximum atomic E-state index is 13.8. The molecule has 2 aromatic heterocycles. The summed E-state index contributed by atoms with van der Waals surface area (Å²) < 4.78 is 27.4. The molecule has 0 amide bonds. The maximum absolute atomic E-state index is 13.8. The summed E-state index contributed by atoms with van der Waals surface area (Å²) >= 11 is 1.66. The van der Waals surface area contributed by atoms with Crippen molar-refractivity contribution in [2.75, 3.05) is 17.2 Å². The number of rotatable bonds is 7. The van der Waals surface area contributed by atoms with Crippen LogP contribution in [0.15, 0.2) is 23.6 Å². The second-order valence-corrected chi connectivity index (χ2v) is 5.94. The Labute approximate surface area is 127 Å². The predicted octanol–water partition coefficient (Wildman–Crippen LogP) is 4.29. The van der Waals surface area contributed by atoms with Gasteiger partial charge < -0.3 is 10.6 Å². The van der Waals surface area contributed by atoms with Crippen molar-refractivity contribution < 1.29 is 8.78 Å². The fourth-order valence-corrected chi connectivity index (χ4v) is 2.79. The van der Waals surface area contributed by atoms with Crippen LogP contribution in [0, 0.1) is 11.6 Å². The molecule has 0 spiro atoms. The van der Waals surface area contributed by atoms with E-state index in [9.17, 15) is 8.78 Å². The Balaban J connectivity index is 2.07. The van der Waals surface area contributed by atoms with Gasteiger partial charge in [-0.15, -0.1) is 11.3 Å². The number of thiophene rings is 1. The molecular formula is C15H19F2N3S. The highest BCUT2D eigenvalue weighted by molar-refractivity contribution is 7.09. The number of hydrogen-bond donors (Lipinski definition) is 2. The van der Waals surface area contributed by atoms with Gasteiger partial charge in [-0.05, 0) is 24.8 Å². The lowest BCUT2D eigenvalue weighted by molar-refractivity contribution is 0.575. The Hall–Kier alpha value is -1.69. The Morgan fingerprint density at radius 3 is 2.71 bits per heavy atom. The van der Waals surface area contributed by atoms with Gasteiger partial charge in [-0.3, -0.25) is 0 Å². The van der Waals surface area contributed by atoms with E-state index in [4.69, 9.17) is 0 Å². The van der Waals surface area contributed by atoms with Crippen molar-refractivity contribution in [3.63, 3.8) is 0 Å². The van der Waals surface area contributed by atoms with Crippen LogP contribution in [0.2, 0.25) is 0 Å². The molecule has 0 saturated carbocycles. The van der Waals surface area contributed by atoms with E-state index in [-0.39, 0.29) is 17.7 Å². The third-order valence-corrected chi connectivity index (χ3v) is 3.84. The van der Waals surface area contributed by atoms with Crippen LogP contribution >= 0.6 is 11.3 Å². The van der Waals surface area contributed by atoms with E-state index < -0.39 is 11.6 Å². The van der Waals surface area contributed by atoms with Crippen LogP contribution in [0.1, 0.15) is 25.1 Å². The molecule has 2 N–H and O–H groups in total. The molecule has 0 fully saturated rings. The van der Waals surface area contributed by atoms with E-state index >= 15 is 0 Å². The van der Waals surface area contributed by atoms with Crippen LogP contribution < -0.4 is 10.6 Å². The van der Waals surface area contributed by atoms with Gasteiger partial charge >= 0.3 is 0 Å². The second kappa shape index (κ2) is 7.36. The number of pyridine rings is 1. The third-order valence-electron chi connectivity index (χ3n) is 2.94. The fourth-order valence-electron chi connectivity index (χ4n) is 1.95. The molecule has 114 valence electrons. The zero-order chi connectivity index (χ0) is 15.2. The highest BCUT2D eigenvalue weighted by atomic mass is 32.1. The van der Waals surface area contributed by atoms with Crippen LogP contribution in [0.4, 0.5) is 20.4 Å². The van der Waals surface area contributed by atoms with Crippen LogP contribution in [0.5, 0.6) is 0 Å². The molecule has 0 aromatic carbocycles. The lowest BCUT2D eigenvalue weighted by atomic mass is 10.2. The first-order valence-corrected chi connectivity index (χ1v) is 7.87. The van der Waals surface area contributed by atoms with Gasteiger partial charge in [0.1, 0.15) is 0 Å². The maximum Gasteiger partial charge on any atom is 0.168 e. The lowest BCUT2D eigenvalue weighted by Crippen LogP contribution is -2.20. The number of nitrogens with zero attached hydrogens (tertiary/aromatic N) is 1. The molecule has 0 aliphatic heterocycles. The summed E-state index contributed by atoms with van der Waals surface area (Å²) in [5, 5.41) is 7.87. The third kappa shape index (κ3) is 4.39. The minimum atomic E-state index is -0.674. The van der Waals surface area contributed by atoms with Gasteiger partial charge in [-0.2, -0.15) is 0 Å². The number of aromatic nitrogens is 1. The second-order valence-electron chi connectivity index (χ2n) is 4.90. The quantitative estimate of drug-likeness (QED) is 0.801. The van der Waals surface area contributed by atoms with Crippen molar-refractivity contribution in [2.24, 2.45) is 0 Å². The van der Waals surface area contributed by atoms with Gasteiger partial charge in [0, 0.05) is 30.0 Å². The summed E-state index contributed by atoms with van der Waals surface area (Å²) in [7, 11) is 0. The number of hydrogen-bond acceptors (Lipinski definition) is 4. The van der Waals surface area contributed by atoms with Crippen molar-refractivity contribution in [3.05, 3.63) is 40.1 Å². The molecule has 0 aliphatic rings. The van der Waals surface area contributed by atoms with E-state index in [1.54, 1.807) is 11.3 Å². The van der Waals surface area contributed by atoms with Gasteiger partial charge in [0.15, 0.2) is 23.3 Å². The van der Waals surface area contributed by atoms with Crippen molar-refractivity contribution in [1.29, 1.82) is 0 Å². The Kier molecular flexibility index (Phi) is 5.50. The summed E-state index contributed by atoms with van der Waals surface area (Å²) in [5.41, 5.74) is 0. The Morgan fingerprint density at radius 2 is 2.05 bits per heavy atom. The molecule has 0 aliphatic carbocycles. The fraction of sp³-hybridized carbons (Fsp3) is 0.400. The van der Waals surface area contributed by atoms with Crippen molar-refractivity contribution >= 4 is 23.0 Å². The molecule has 2 rings (SSSR count). The average Bonchev–Trinajstić information content (AvgIpc) is 2.93. The van der Waals surface area contributed by atoms with E-state index in [2.05, 4.69) is 15.6 Å². The van der Waals surface area contributed by atoms with Crippen LogP contribution in [0.3, 0.4) is 0 Å². The SMILES string of the molecule is CCCNc1nc(NC(C)Cc2cccs2)c(F)cc1F. The zero-order valence-electron chi connectivity index (χ0n) is 12.1. The Bertz CT molecular complexity index is 573. The largest absolute Gasteiger partial charge is 0.368 e. The Morgan fingerprint density at radius 1 is 1.29 bits per heavy atom. The summed E-state index contributed by atoms with van der Waals surface area (Å²) in [6, 6.07) is 4.89. The molecule has 0 saturated heterocycles. The smallest absolute Gasteiger partial charge is 0.168 e. The highest BCUT2D eigenvalue weighted by Gasteiger charge is 2.14. The molecule has 0 radical (unpaired) electrons. The van der Waals surface area contributed by atoms with E-state index in [0.29, 0.717) is 6.54 Å². The van der Waals surface area contributed by atoms with E-state index in [1.807, 2.05) is 31.4 Å². The molecule has 6 heteroatoms. The monoisotopic (exact) mass is 311 g/mol. The van der Waals surface area contributed by atoms with E-state index in [1.165, 1.54) is 4.88 Å². The molecule has 2 heterocycles. The van der Waals surface area contributed by atoms with Gasteiger partial charge in [0.2, 0.25) is 0 Å². The summed E-state index contributed by atoms with van der Waals surface area (Å²) in [5.74, 6) is -1.17. The van der Waals surface area contributed by atoms with Gasteiger partial charge in [0.05, 0.1) is 0 Å². The standard InChI is InChI=1S/C15H19F2N3S/c1-3-6-18-14-12(16)9-13(17)15(20-14)19-10(2)8-11-5-4-7-21-11/h4-5,7,9-10H,3,6,8H2,1-2H3,(H2,18,19,20). The van der Waals surface area contributed by atoms with Crippen LogP contribution in [-0.2, 0) is 6.42 Å². The molecule has 1 atom stereocenters. The van der Waals surface area contributed by atoms with Gasteiger partial charge in [-0.1, -0.05) is 13.0 Å². The van der Waals surface area contributed by atoms with Crippen LogP contribution in [-0.4, -0.2) is 17.6 Å². The number of anilines is 2. The summed E-state index contributed by atoms with van der Waals surface area (Å²) in [6.07, 6.45) is 1.62. The van der Waals surface area contributed by atoms with Gasteiger partial charge in [0.25, 0.3) is 0 Å². The average molecular weight is 311 g/mol. The van der Waals surface area contributed by atoms with Crippen LogP contribution in [0.25, 0.3) is 0 Å². The summed E-state index contributed by atoms with van der Waals surface area (Å²) in [6.45, 7) is 4.51. The molecule has 21 heavy (non-hydrogen) atoms. The molecule has 2 aromatic rings. The van der Waals surface area contributed by atoms with Crippen molar-refractivity contribution in [2.45, 2.75) is 32.7 Å². The molecule has 3 nitrogen and oxygen atoms in total. The lowest BCUT2D eigenvalue weighted by Gasteiger charge is -2.15. The van der Waals surface area contributed by atoms with Crippen molar-refractivity contribution in [1.82, 2.24) is 4.98 Å².